The third-order valence-corrected chi connectivity index (χ3v) is 4.77. The van der Waals surface area contributed by atoms with Crippen molar-refractivity contribution in [2.45, 2.75) is 32.7 Å². The summed E-state index contributed by atoms with van der Waals surface area (Å²) in [4.78, 5) is 47.1. The molecule has 2 aromatic carbocycles. The van der Waals surface area contributed by atoms with E-state index in [0.29, 0.717) is 11.4 Å². The van der Waals surface area contributed by atoms with Gasteiger partial charge in [0.2, 0.25) is 11.8 Å². The third-order valence-electron chi connectivity index (χ3n) is 4.77. The van der Waals surface area contributed by atoms with Gasteiger partial charge in [-0.15, -0.1) is 0 Å². The minimum absolute atomic E-state index is 0.0336. The summed E-state index contributed by atoms with van der Waals surface area (Å²) in [6, 6.07) is 9.60. The molecule has 0 radical (unpaired) electrons. The van der Waals surface area contributed by atoms with Gasteiger partial charge in [0.15, 0.2) is 0 Å². The number of nitrogens with zero attached hydrogens (tertiary/aromatic N) is 1. The quantitative estimate of drug-likeness (QED) is 0.477. The summed E-state index contributed by atoms with van der Waals surface area (Å²) in [6.07, 6.45) is 1.78. The Balaban J connectivity index is 1.63. The number of amides is 3. The maximum atomic E-state index is 12.5. The van der Waals surface area contributed by atoms with E-state index in [0.717, 1.165) is 24.5 Å². The van der Waals surface area contributed by atoms with Crippen molar-refractivity contribution in [3.05, 3.63) is 63.7 Å². The molecule has 30 heavy (non-hydrogen) atoms. The Morgan fingerprint density at radius 2 is 1.83 bits per heavy atom. The van der Waals surface area contributed by atoms with Crippen molar-refractivity contribution in [1.82, 2.24) is 5.32 Å². The molecule has 3 amide bonds. The maximum Gasteiger partial charge on any atom is 0.270 e. The van der Waals surface area contributed by atoms with E-state index in [1.165, 1.54) is 25.1 Å². The van der Waals surface area contributed by atoms with Crippen LogP contribution in [0.5, 0.6) is 0 Å². The summed E-state index contributed by atoms with van der Waals surface area (Å²) in [6.45, 7) is 3.33. The molecule has 1 aliphatic rings. The number of anilines is 2. The highest BCUT2D eigenvalue weighted by atomic mass is 16.6. The Morgan fingerprint density at radius 1 is 1.10 bits per heavy atom. The molecule has 156 valence electrons. The van der Waals surface area contributed by atoms with Crippen molar-refractivity contribution in [2.75, 3.05) is 10.6 Å². The lowest BCUT2D eigenvalue weighted by Crippen LogP contribution is -2.41. The predicted octanol–water partition coefficient (Wildman–Crippen LogP) is 3.01. The molecule has 3 rings (SSSR count). The average Bonchev–Trinajstić information content (AvgIpc) is 3.56. The number of nitrogens with one attached hydrogen (secondary N) is 3. The first kappa shape index (κ1) is 21.0. The molecule has 9 heteroatoms. The number of nitro groups is 1. The largest absolute Gasteiger partial charge is 0.341 e. The van der Waals surface area contributed by atoms with Gasteiger partial charge in [0.05, 0.1) is 4.92 Å². The molecule has 1 saturated carbocycles. The number of carbonyl (C=O) groups is 3. The van der Waals surface area contributed by atoms with Crippen molar-refractivity contribution in [3.8, 4) is 0 Å². The summed E-state index contributed by atoms with van der Waals surface area (Å²) in [7, 11) is 0. The molecule has 0 heterocycles. The van der Waals surface area contributed by atoms with Crippen molar-refractivity contribution >= 4 is 34.8 Å². The number of carbonyl (C=O) groups excluding carboxylic acids is 3. The van der Waals surface area contributed by atoms with Gasteiger partial charge in [0, 0.05) is 35.0 Å². The highest BCUT2D eigenvalue weighted by molar-refractivity contribution is 6.02. The first-order chi connectivity index (χ1) is 14.2. The summed E-state index contributed by atoms with van der Waals surface area (Å²) in [5, 5.41) is 19.0. The van der Waals surface area contributed by atoms with E-state index in [1.54, 1.807) is 18.2 Å². The molecule has 1 aliphatic carbocycles. The van der Waals surface area contributed by atoms with E-state index in [-0.39, 0.29) is 23.1 Å². The van der Waals surface area contributed by atoms with Crippen LogP contribution in [-0.4, -0.2) is 28.7 Å². The Labute approximate surface area is 173 Å². The van der Waals surface area contributed by atoms with Gasteiger partial charge >= 0.3 is 0 Å². The zero-order valence-corrected chi connectivity index (χ0v) is 16.6. The van der Waals surface area contributed by atoms with E-state index >= 15 is 0 Å². The number of hydrogen-bond acceptors (Lipinski definition) is 5. The fraction of sp³-hybridized carbons (Fsp3) is 0.286. The van der Waals surface area contributed by atoms with Crippen LogP contribution < -0.4 is 16.0 Å². The van der Waals surface area contributed by atoms with Crippen LogP contribution >= 0.6 is 0 Å². The van der Waals surface area contributed by atoms with Crippen molar-refractivity contribution in [1.29, 1.82) is 0 Å². The minimum Gasteiger partial charge on any atom is -0.341 e. The molecule has 0 aliphatic heterocycles. The Hall–Kier alpha value is -3.75. The Bertz CT molecular complexity index is 1020. The van der Waals surface area contributed by atoms with Gasteiger partial charge < -0.3 is 16.0 Å². The Morgan fingerprint density at radius 3 is 2.50 bits per heavy atom. The van der Waals surface area contributed by atoms with Crippen molar-refractivity contribution in [3.63, 3.8) is 0 Å². The van der Waals surface area contributed by atoms with Crippen LogP contribution in [0.3, 0.4) is 0 Å². The molecule has 0 aromatic heterocycles. The van der Waals surface area contributed by atoms with Crippen LogP contribution in [0, 0.1) is 23.0 Å². The summed E-state index contributed by atoms with van der Waals surface area (Å²) >= 11 is 0. The number of rotatable bonds is 7. The summed E-state index contributed by atoms with van der Waals surface area (Å²) < 4.78 is 0. The fourth-order valence-electron chi connectivity index (χ4n) is 2.77. The van der Waals surface area contributed by atoms with Gasteiger partial charge in [0.1, 0.15) is 6.04 Å². The first-order valence-corrected chi connectivity index (χ1v) is 9.52. The van der Waals surface area contributed by atoms with Gasteiger partial charge in [0.25, 0.3) is 11.6 Å². The lowest BCUT2D eigenvalue weighted by atomic mass is 10.1. The molecule has 9 nitrogen and oxygen atoms in total. The van der Waals surface area contributed by atoms with Gasteiger partial charge in [-0.05, 0) is 50.5 Å². The van der Waals surface area contributed by atoms with Crippen LogP contribution in [0.15, 0.2) is 42.5 Å². The van der Waals surface area contributed by atoms with Crippen LogP contribution in [0.25, 0.3) is 0 Å². The van der Waals surface area contributed by atoms with Gasteiger partial charge in [-0.25, -0.2) is 0 Å². The number of benzene rings is 2. The standard InChI is InChI=1S/C21H22N4O5/c1-12-6-9-16(23-20(27)14-7-8-14)11-18(12)24-19(26)13(2)22-21(28)15-4-3-5-17(10-15)25(29)30/h3-6,9-11,13-14H,7-8H2,1-2H3,(H,22,28)(H,23,27)(H,24,26). The third kappa shape index (κ3) is 5.19. The normalized spacial score (nSPS) is 13.8. The molecular formula is C21H22N4O5. The summed E-state index contributed by atoms with van der Waals surface area (Å²) in [5.41, 5.74) is 1.78. The van der Waals surface area contributed by atoms with Crippen LogP contribution in [0.1, 0.15) is 35.7 Å². The van der Waals surface area contributed by atoms with E-state index < -0.39 is 22.8 Å². The maximum absolute atomic E-state index is 12.5. The second-order valence-corrected chi connectivity index (χ2v) is 7.29. The lowest BCUT2D eigenvalue weighted by molar-refractivity contribution is -0.384. The monoisotopic (exact) mass is 410 g/mol. The van der Waals surface area contributed by atoms with E-state index in [2.05, 4.69) is 16.0 Å². The number of aryl methyl sites for hydroxylation is 1. The van der Waals surface area contributed by atoms with Crippen LogP contribution in [-0.2, 0) is 9.59 Å². The van der Waals surface area contributed by atoms with E-state index in [4.69, 9.17) is 0 Å². The van der Waals surface area contributed by atoms with E-state index in [1.807, 2.05) is 6.92 Å². The molecule has 0 bridgehead atoms. The molecule has 1 fully saturated rings. The molecule has 0 spiro atoms. The smallest absolute Gasteiger partial charge is 0.270 e. The van der Waals surface area contributed by atoms with Crippen molar-refractivity contribution < 1.29 is 19.3 Å². The highest BCUT2D eigenvalue weighted by Crippen LogP contribution is 2.30. The zero-order chi connectivity index (χ0) is 21.8. The van der Waals surface area contributed by atoms with Gasteiger partial charge in [-0.1, -0.05) is 12.1 Å². The molecule has 1 unspecified atom stereocenters. The first-order valence-electron chi connectivity index (χ1n) is 9.52. The average molecular weight is 410 g/mol. The second kappa shape index (κ2) is 8.73. The van der Waals surface area contributed by atoms with Crippen molar-refractivity contribution in [2.24, 2.45) is 5.92 Å². The lowest BCUT2D eigenvalue weighted by Gasteiger charge is -2.16. The van der Waals surface area contributed by atoms with Gasteiger partial charge in [-0.2, -0.15) is 0 Å². The number of non-ortho nitro benzene ring substituents is 1. The number of hydrogen-bond donors (Lipinski definition) is 3. The highest BCUT2D eigenvalue weighted by Gasteiger charge is 2.29. The number of nitro benzene ring substituents is 1. The molecule has 2 aromatic rings. The summed E-state index contributed by atoms with van der Waals surface area (Å²) in [5.74, 6) is -1.02. The molecule has 3 N–H and O–H groups in total. The molecule has 0 saturated heterocycles. The van der Waals surface area contributed by atoms with Crippen LogP contribution in [0.4, 0.5) is 17.1 Å². The Kier molecular flexibility index (Phi) is 6.10. The topological polar surface area (TPSA) is 130 Å². The molecule has 1 atom stereocenters. The predicted molar refractivity (Wildman–Crippen MR) is 111 cm³/mol. The second-order valence-electron chi connectivity index (χ2n) is 7.29. The SMILES string of the molecule is Cc1ccc(NC(=O)C2CC2)cc1NC(=O)C(C)NC(=O)c1cccc([N+](=O)[O-])c1. The van der Waals surface area contributed by atoms with E-state index in [9.17, 15) is 24.5 Å². The van der Waals surface area contributed by atoms with Gasteiger partial charge in [-0.3, -0.25) is 24.5 Å². The molecular weight excluding hydrogens is 388 g/mol. The fourth-order valence-corrected chi connectivity index (χ4v) is 2.77. The zero-order valence-electron chi connectivity index (χ0n) is 16.6. The van der Waals surface area contributed by atoms with Crippen LogP contribution in [0.2, 0.25) is 0 Å². The minimum atomic E-state index is -0.888.